The summed E-state index contributed by atoms with van der Waals surface area (Å²) < 4.78 is 1.28. The van der Waals surface area contributed by atoms with Crippen LogP contribution in [-0.4, -0.2) is 17.3 Å². The van der Waals surface area contributed by atoms with Crippen molar-refractivity contribution >= 4 is 5.78 Å². The van der Waals surface area contributed by atoms with Crippen LogP contribution < -0.4 is 21.2 Å². The number of pyridine rings is 1. The maximum Gasteiger partial charge on any atom is 0.421 e. The molecule has 0 atom stereocenters. The number of fused-ring (bicyclic) bond motifs is 2. The number of hydrogen-bond acceptors (Lipinski definition) is 4. The van der Waals surface area contributed by atoms with Gasteiger partial charge in [0.15, 0.2) is 18.2 Å². The highest BCUT2D eigenvalue weighted by molar-refractivity contribution is 5.95. The zero-order valence-corrected chi connectivity index (χ0v) is 11.5. The Kier molecular flexibility index (Phi) is 5.57. The van der Waals surface area contributed by atoms with Crippen LogP contribution in [0.2, 0.25) is 0 Å². The van der Waals surface area contributed by atoms with Gasteiger partial charge in [-0.15, -0.1) is 0 Å². The molecule has 0 unspecified atom stereocenters. The third-order valence-electron chi connectivity index (χ3n) is 3.26. The number of rotatable bonds is 0. The lowest BCUT2D eigenvalue weighted by Gasteiger charge is -2.01. The Morgan fingerprint density at radius 3 is 2.80 bits per heavy atom. The summed E-state index contributed by atoms with van der Waals surface area (Å²) in [7, 11) is 0. The number of ketones is 1. The number of nitrogens with one attached hydrogen (secondary N) is 3. The largest absolute Gasteiger partial charge is 0.421 e. The smallest absolute Gasteiger partial charge is 0.294 e. The highest BCUT2D eigenvalue weighted by Gasteiger charge is 2.21. The molecule has 7 nitrogen and oxygen atoms in total. The Balaban J connectivity index is 2.07. The zero-order valence-electron chi connectivity index (χ0n) is 11.5. The predicted molar refractivity (Wildman–Crippen MR) is 72.0 cm³/mol. The normalized spacial score (nSPS) is 18.8. The topological polar surface area (TPSA) is 77.1 Å². The molecule has 1 aromatic rings. The summed E-state index contributed by atoms with van der Waals surface area (Å²) in [6.07, 6.45) is 8.89. The molecule has 0 aliphatic carbocycles. The zero-order chi connectivity index (χ0) is 14.2. The molecule has 1 aliphatic heterocycles. The summed E-state index contributed by atoms with van der Waals surface area (Å²) in [5.74, 6) is 0.0775. The van der Waals surface area contributed by atoms with Gasteiger partial charge < -0.3 is 0 Å². The van der Waals surface area contributed by atoms with E-state index in [1.807, 2.05) is 0 Å². The van der Waals surface area contributed by atoms with E-state index >= 15 is 0 Å². The van der Waals surface area contributed by atoms with Gasteiger partial charge in [-0.3, -0.25) is 4.79 Å². The molecule has 0 radical (unpaired) electrons. The fourth-order valence-electron chi connectivity index (χ4n) is 2.12. The molecule has 0 amide bonds. The van der Waals surface area contributed by atoms with Crippen molar-refractivity contribution in [1.29, 1.82) is 0 Å². The SMILES string of the molecule is O=C1CCCCCCCNNN[N+](=O)[n+]2cccc1c2. The van der Waals surface area contributed by atoms with Gasteiger partial charge in [-0.2, -0.15) is 0 Å². The third-order valence-corrected chi connectivity index (χ3v) is 3.26. The predicted octanol–water partition coefficient (Wildman–Crippen LogP) is 0.567. The first kappa shape index (κ1) is 14.5. The van der Waals surface area contributed by atoms with Crippen LogP contribution >= 0.6 is 0 Å². The molecule has 7 heteroatoms. The number of hydrazine groups is 3. The van der Waals surface area contributed by atoms with E-state index in [9.17, 15) is 9.70 Å². The summed E-state index contributed by atoms with van der Waals surface area (Å²) in [6, 6.07) is 3.42. The van der Waals surface area contributed by atoms with E-state index in [4.69, 9.17) is 0 Å². The highest BCUT2D eigenvalue weighted by atomic mass is 16.4. The molecule has 2 heterocycles. The van der Waals surface area contributed by atoms with E-state index in [1.165, 1.54) is 10.9 Å². The number of carbonyl (C=O) groups is 1. The first-order valence-corrected chi connectivity index (χ1v) is 7.03. The van der Waals surface area contributed by atoms with Gasteiger partial charge in [0.05, 0.1) is 15.8 Å². The molecule has 0 fully saturated rings. The quantitative estimate of drug-likeness (QED) is 0.605. The average molecular weight is 279 g/mol. The van der Waals surface area contributed by atoms with Crippen LogP contribution in [0.4, 0.5) is 0 Å². The monoisotopic (exact) mass is 279 g/mol. The van der Waals surface area contributed by atoms with Gasteiger partial charge >= 0.3 is 4.98 Å². The van der Waals surface area contributed by atoms with Gasteiger partial charge in [0, 0.05) is 13.0 Å². The van der Waals surface area contributed by atoms with E-state index in [-0.39, 0.29) is 5.78 Å². The Morgan fingerprint density at radius 2 is 1.90 bits per heavy atom. The van der Waals surface area contributed by atoms with Crippen LogP contribution in [-0.2, 0) is 0 Å². The fourth-order valence-corrected chi connectivity index (χ4v) is 2.12. The third kappa shape index (κ3) is 4.36. The summed E-state index contributed by atoms with van der Waals surface area (Å²) in [5.41, 5.74) is 8.55. The molecule has 3 N–H and O–H groups in total. The standard InChI is InChI=1S/C13H21N5O2/c19-13-8-4-2-1-3-5-9-14-15-16-18(20)17-10-6-7-12(13)11-17/h6-7,10-11,15H,1-5,8-9H2,(H2,14,16,20)/q+2. The van der Waals surface area contributed by atoms with E-state index < -0.39 is 0 Å². The van der Waals surface area contributed by atoms with Crippen LogP contribution in [0.25, 0.3) is 0 Å². The van der Waals surface area contributed by atoms with Crippen molar-refractivity contribution in [1.82, 2.24) is 16.5 Å². The highest BCUT2D eigenvalue weighted by Crippen LogP contribution is 2.09. The lowest BCUT2D eigenvalue weighted by Crippen LogP contribution is -2.59. The van der Waals surface area contributed by atoms with Gasteiger partial charge in [-0.1, -0.05) is 19.3 Å². The molecule has 1 aliphatic rings. The molecular formula is C13H21N5O2+2. The van der Waals surface area contributed by atoms with Crippen molar-refractivity contribution < 1.29 is 14.4 Å². The minimum Gasteiger partial charge on any atom is -0.294 e. The molecule has 0 saturated heterocycles. The maximum atomic E-state index is 12.0. The summed E-state index contributed by atoms with van der Waals surface area (Å²) in [6.45, 7) is 0.782. The number of nitroso groups, excluding NO2 is 1. The van der Waals surface area contributed by atoms with E-state index in [1.54, 1.807) is 18.3 Å². The van der Waals surface area contributed by atoms with Crippen molar-refractivity contribution in [3.63, 3.8) is 0 Å². The summed E-state index contributed by atoms with van der Waals surface area (Å²) in [5, 5.41) is 0. The lowest BCUT2D eigenvalue weighted by molar-refractivity contribution is -1.24. The first-order valence-electron chi connectivity index (χ1n) is 7.03. The second-order valence-electron chi connectivity index (χ2n) is 4.85. The van der Waals surface area contributed by atoms with Gasteiger partial charge in [-0.25, -0.2) is 5.43 Å². The molecule has 2 bridgehead atoms. The number of nitrogens with zero attached hydrogens (tertiary/aromatic N) is 2. The Bertz CT molecular complexity index is 438. The Labute approximate surface area is 117 Å². The Morgan fingerprint density at radius 1 is 1.10 bits per heavy atom. The Hall–Kier alpha value is -1.86. The molecule has 0 aromatic carbocycles. The maximum absolute atomic E-state index is 12.0. The van der Waals surface area contributed by atoms with Crippen molar-refractivity contribution in [2.24, 2.45) is 0 Å². The molecule has 20 heavy (non-hydrogen) atoms. The van der Waals surface area contributed by atoms with E-state index in [0.717, 1.165) is 38.6 Å². The van der Waals surface area contributed by atoms with Gasteiger partial charge in [0.25, 0.3) is 0 Å². The molecule has 0 saturated carbocycles. The molecule has 1 aromatic heterocycles. The van der Waals surface area contributed by atoms with Crippen LogP contribution in [0.1, 0.15) is 48.9 Å². The number of hydrogen-bond donors (Lipinski definition) is 3. The average Bonchev–Trinajstić information content (AvgIpc) is 2.48. The van der Waals surface area contributed by atoms with Crippen molar-refractivity contribution in [3.05, 3.63) is 35.0 Å². The van der Waals surface area contributed by atoms with E-state index in [2.05, 4.69) is 16.5 Å². The second-order valence-corrected chi connectivity index (χ2v) is 4.85. The van der Waals surface area contributed by atoms with Crippen LogP contribution in [0.5, 0.6) is 0 Å². The summed E-state index contributed by atoms with van der Waals surface area (Å²) >= 11 is 0. The van der Waals surface area contributed by atoms with Gasteiger partial charge in [0.1, 0.15) is 4.91 Å². The molecule has 108 valence electrons. The minimum atomic E-state index is 0.0775. The fraction of sp³-hybridized carbons (Fsp3) is 0.538. The number of Topliss-reactive ketones (excluding diaryl/α,β-unsaturated/α-hetero) is 1. The van der Waals surface area contributed by atoms with Crippen LogP contribution in [0.3, 0.4) is 0 Å². The first-order chi connectivity index (χ1) is 9.77. The van der Waals surface area contributed by atoms with Crippen molar-refractivity contribution in [2.45, 2.75) is 38.5 Å². The van der Waals surface area contributed by atoms with Crippen LogP contribution in [0, 0.1) is 4.91 Å². The lowest BCUT2D eigenvalue weighted by atomic mass is 10.0. The number of carbonyl (C=O) groups excluding carboxylic acids is 1. The minimum absolute atomic E-state index is 0.0775. The molecule has 2 rings (SSSR count). The molecular weight excluding hydrogens is 258 g/mol. The van der Waals surface area contributed by atoms with Gasteiger partial charge in [0.2, 0.25) is 0 Å². The number of aromatic nitrogens is 1. The van der Waals surface area contributed by atoms with Crippen molar-refractivity contribution in [3.8, 4) is 0 Å². The van der Waals surface area contributed by atoms with Gasteiger partial charge in [-0.05, 0) is 30.5 Å². The van der Waals surface area contributed by atoms with E-state index in [0.29, 0.717) is 17.0 Å². The second kappa shape index (κ2) is 7.66. The van der Waals surface area contributed by atoms with Crippen molar-refractivity contribution in [2.75, 3.05) is 6.54 Å². The summed E-state index contributed by atoms with van der Waals surface area (Å²) in [4.78, 5) is 24.3. The molecule has 0 spiro atoms. The van der Waals surface area contributed by atoms with Crippen LogP contribution in [0.15, 0.2) is 24.5 Å².